The minimum absolute atomic E-state index is 0.345. The fraction of sp³-hybridized carbons (Fsp3) is 0.956. The van der Waals surface area contributed by atoms with E-state index >= 15 is 0 Å². The number of unbranched alkanes of at least 4 members (excludes halogenated alkanes) is 33. The first-order chi connectivity index (χ1) is 24.5. The van der Waals surface area contributed by atoms with E-state index in [1.165, 1.54) is 212 Å². The zero-order chi connectivity index (χ0) is 37.4. The molecule has 0 unspecified atom stereocenters. The smallest absolute Gasteiger partial charge is 0.303 e. The van der Waals surface area contributed by atoms with Crippen LogP contribution in [0.25, 0.3) is 0 Å². The summed E-state index contributed by atoms with van der Waals surface area (Å²) in [5.74, 6) is -1.31. The van der Waals surface area contributed by atoms with Crippen molar-refractivity contribution in [1.82, 2.24) is 5.32 Å². The van der Waals surface area contributed by atoms with Crippen LogP contribution < -0.4 is 5.32 Å². The molecule has 0 radical (unpaired) electrons. The average Bonchev–Trinajstić information content (AvgIpc) is 3.10. The molecule has 5 heteroatoms. The monoisotopic (exact) mass is 712 g/mol. The molecule has 0 aliphatic heterocycles. The van der Waals surface area contributed by atoms with Crippen molar-refractivity contribution >= 4 is 11.9 Å². The Bertz CT molecular complexity index is 560. The first-order valence-electron chi connectivity index (χ1n) is 22.5. The second-order valence-corrected chi connectivity index (χ2v) is 15.1. The van der Waals surface area contributed by atoms with E-state index < -0.39 is 11.9 Å². The van der Waals surface area contributed by atoms with Gasteiger partial charge in [0, 0.05) is 12.8 Å². The van der Waals surface area contributed by atoms with E-state index in [1.807, 2.05) is 7.05 Å². The Hall–Kier alpha value is -1.10. The van der Waals surface area contributed by atoms with Gasteiger partial charge in [-0.15, -0.1) is 0 Å². The largest absolute Gasteiger partial charge is 0.481 e. The van der Waals surface area contributed by atoms with Gasteiger partial charge in [-0.05, 0) is 32.9 Å². The van der Waals surface area contributed by atoms with Gasteiger partial charge in [0.2, 0.25) is 0 Å². The van der Waals surface area contributed by atoms with Gasteiger partial charge in [0.15, 0.2) is 0 Å². The number of carboxylic acid groups (broad SMARTS) is 2. The van der Waals surface area contributed by atoms with Gasteiger partial charge in [-0.3, -0.25) is 9.59 Å². The van der Waals surface area contributed by atoms with Crippen LogP contribution in [-0.2, 0) is 9.59 Å². The number of rotatable bonds is 39. The van der Waals surface area contributed by atoms with Crippen LogP contribution in [0.4, 0.5) is 0 Å². The Morgan fingerprint density at radius 2 is 0.500 bits per heavy atom. The highest BCUT2D eigenvalue weighted by molar-refractivity contribution is 5.66. The van der Waals surface area contributed by atoms with Gasteiger partial charge in [0.05, 0.1) is 0 Å². The highest BCUT2D eigenvalue weighted by Gasteiger charge is 1.98. The molecule has 0 aliphatic rings. The lowest BCUT2D eigenvalue weighted by Crippen LogP contribution is -2.06. The fourth-order valence-electron chi connectivity index (χ4n) is 6.38. The molecule has 0 aromatic heterocycles. The molecule has 0 fully saturated rings. The summed E-state index contributed by atoms with van der Waals surface area (Å²) >= 11 is 0. The lowest BCUT2D eigenvalue weighted by Gasteiger charge is -2.02. The number of carboxylic acids is 2. The van der Waals surface area contributed by atoms with Crippen molar-refractivity contribution < 1.29 is 19.8 Å². The molecular weight excluding hydrogens is 618 g/mol. The number of carbonyl (C=O) groups is 2. The van der Waals surface area contributed by atoms with Crippen molar-refractivity contribution in [2.24, 2.45) is 0 Å². The fourth-order valence-corrected chi connectivity index (χ4v) is 6.38. The van der Waals surface area contributed by atoms with E-state index in [-0.39, 0.29) is 0 Å². The number of hydrogen-bond acceptors (Lipinski definition) is 3. The molecule has 0 amide bonds. The topological polar surface area (TPSA) is 86.6 Å². The standard InChI is InChI=1S/2C17H34O2.C11H25N/c2*1-2-3-4-5-6-7-8-9-10-11-12-13-14-15-16-17(18)19;1-3-4-5-6-7-8-9-10-11-12-2/h2*2-16H2,1H3,(H,18,19);12H,3-11H2,1-2H3. The van der Waals surface area contributed by atoms with Gasteiger partial charge >= 0.3 is 11.9 Å². The van der Waals surface area contributed by atoms with Crippen LogP contribution in [-0.4, -0.2) is 35.7 Å². The van der Waals surface area contributed by atoms with Crippen LogP contribution in [0.1, 0.15) is 265 Å². The summed E-state index contributed by atoms with van der Waals surface area (Å²) in [6.45, 7) is 7.99. The van der Waals surface area contributed by atoms with Crippen LogP contribution in [0.15, 0.2) is 0 Å². The molecule has 0 rings (SSSR count). The molecule has 0 heterocycles. The first-order valence-corrected chi connectivity index (χ1v) is 22.5. The van der Waals surface area contributed by atoms with Crippen molar-refractivity contribution in [3.8, 4) is 0 Å². The minimum atomic E-state index is -0.654. The quantitative estimate of drug-likeness (QED) is 0.0553. The summed E-state index contributed by atoms with van der Waals surface area (Å²) in [5.41, 5.74) is 0. The summed E-state index contributed by atoms with van der Waals surface area (Å²) in [6, 6.07) is 0. The van der Waals surface area contributed by atoms with Crippen LogP contribution in [0.2, 0.25) is 0 Å². The highest BCUT2D eigenvalue weighted by atomic mass is 16.4. The Balaban J connectivity index is -0.000000682. The van der Waals surface area contributed by atoms with E-state index in [2.05, 4.69) is 26.1 Å². The van der Waals surface area contributed by atoms with Crippen molar-refractivity contribution in [2.45, 2.75) is 265 Å². The Labute approximate surface area is 314 Å². The molecule has 50 heavy (non-hydrogen) atoms. The molecule has 0 aliphatic carbocycles. The number of hydrogen-bond donors (Lipinski definition) is 3. The minimum Gasteiger partial charge on any atom is -0.481 e. The molecule has 0 aromatic rings. The van der Waals surface area contributed by atoms with Gasteiger partial charge in [-0.25, -0.2) is 0 Å². The maximum Gasteiger partial charge on any atom is 0.303 e. The zero-order valence-electron chi connectivity index (χ0n) is 34.8. The molecular formula is C45H93NO4. The lowest BCUT2D eigenvalue weighted by molar-refractivity contribution is -0.138. The van der Waals surface area contributed by atoms with Crippen molar-refractivity contribution in [3.63, 3.8) is 0 Å². The SMILES string of the molecule is CCCCCCCCCCCCCCCCC(=O)O.CCCCCCCCCCCCCCCCC(=O)O.CCCCCCCCCCNC. The van der Waals surface area contributed by atoms with Crippen molar-refractivity contribution in [1.29, 1.82) is 0 Å². The van der Waals surface area contributed by atoms with E-state index in [1.54, 1.807) is 0 Å². The van der Waals surface area contributed by atoms with Crippen LogP contribution in [0, 0.1) is 0 Å². The zero-order valence-corrected chi connectivity index (χ0v) is 34.8. The summed E-state index contributed by atoms with van der Waals surface area (Å²) in [4.78, 5) is 20.6. The molecule has 5 nitrogen and oxygen atoms in total. The second kappa shape index (κ2) is 52.3. The van der Waals surface area contributed by atoms with E-state index in [4.69, 9.17) is 10.2 Å². The first kappa shape index (κ1) is 53.3. The van der Waals surface area contributed by atoms with Crippen LogP contribution in [0.5, 0.6) is 0 Å². The van der Waals surface area contributed by atoms with Gasteiger partial charge in [0.1, 0.15) is 0 Å². The molecule has 0 atom stereocenters. The molecule has 0 saturated heterocycles. The number of nitrogens with one attached hydrogen (secondary N) is 1. The van der Waals surface area contributed by atoms with Crippen LogP contribution in [0.3, 0.4) is 0 Å². The summed E-state index contributed by atoms with van der Waals surface area (Å²) in [7, 11) is 2.03. The van der Waals surface area contributed by atoms with Gasteiger partial charge in [-0.1, -0.05) is 233 Å². The third-order valence-electron chi connectivity index (χ3n) is 9.77. The Morgan fingerprint density at radius 1 is 0.320 bits per heavy atom. The third-order valence-corrected chi connectivity index (χ3v) is 9.77. The highest BCUT2D eigenvalue weighted by Crippen LogP contribution is 2.15. The van der Waals surface area contributed by atoms with E-state index in [0.717, 1.165) is 25.7 Å². The van der Waals surface area contributed by atoms with E-state index in [9.17, 15) is 9.59 Å². The maximum absolute atomic E-state index is 10.3. The van der Waals surface area contributed by atoms with Crippen molar-refractivity contribution in [2.75, 3.05) is 13.6 Å². The van der Waals surface area contributed by atoms with Gasteiger partial charge in [-0.2, -0.15) is 0 Å². The molecule has 0 aromatic carbocycles. The summed E-state index contributed by atoms with van der Waals surface area (Å²) in [6.07, 6.45) is 48.8. The van der Waals surface area contributed by atoms with Crippen molar-refractivity contribution in [3.05, 3.63) is 0 Å². The maximum atomic E-state index is 10.3. The van der Waals surface area contributed by atoms with Crippen LogP contribution >= 0.6 is 0 Å². The molecule has 3 N–H and O–H groups in total. The molecule has 0 bridgehead atoms. The average molecular weight is 712 g/mol. The van der Waals surface area contributed by atoms with E-state index in [0.29, 0.717) is 12.8 Å². The van der Waals surface area contributed by atoms with Gasteiger partial charge in [0.25, 0.3) is 0 Å². The Morgan fingerprint density at radius 3 is 0.680 bits per heavy atom. The lowest BCUT2D eigenvalue weighted by atomic mass is 10.0. The number of aliphatic carboxylic acids is 2. The summed E-state index contributed by atoms with van der Waals surface area (Å²) in [5, 5.41) is 20.2. The third kappa shape index (κ3) is 62.1. The Kier molecular flexibility index (Phi) is 55.7. The predicted molar refractivity (Wildman–Crippen MR) is 222 cm³/mol. The second-order valence-electron chi connectivity index (χ2n) is 15.1. The van der Waals surface area contributed by atoms with Gasteiger partial charge < -0.3 is 15.5 Å². The molecule has 0 spiro atoms. The molecule has 302 valence electrons. The summed E-state index contributed by atoms with van der Waals surface area (Å²) < 4.78 is 0. The predicted octanol–water partition coefficient (Wildman–Crippen LogP) is 15.2. The normalized spacial score (nSPS) is 10.7. The molecule has 0 saturated carbocycles.